The van der Waals surface area contributed by atoms with Crippen LogP contribution in [0.15, 0.2) is 36.4 Å². The van der Waals surface area contributed by atoms with E-state index >= 15 is 0 Å². The molecule has 1 aromatic carbocycles. The molecule has 2 rings (SSSR count). The molecule has 0 atom stereocenters. The highest BCUT2D eigenvalue weighted by molar-refractivity contribution is 5.58. The monoisotopic (exact) mass is 255 g/mol. The number of hydrogen-bond donors (Lipinski definition) is 1. The van der Waals surface area contributed by atoms with Crippen LogP contribution >= 0.6 is 0 Å². The highest BCUT2D eigenvalue weighted by Gasteiger charge is 2.02. The Balaban J connectivity index is 2.13. The van der Waals surface area contributed by atoms with Crippen LogP contribution in [0.3, 0.4) is 0 Å². The van der Waals surface area contributed by atoms with Gasteiger partial charge in [-0.2, -0.15) is 10.2 Å². The van der Waals surface area contributed by atoms with Gasteiger partial charge in [0.2, 0.25) is 0 Å². The zero-order chi connectivity index (χ0) is 13.7. The quantitative estimate of drug-likeness (QED) is 0.893. The predicted octanol–water partition coefficient (Wildman–Crippen LogP) is 2.84. The number of nitrogens with zero attached hydrogens (tertiary/aromatic N) is 2. The summed E-state index contributed by atoms with van der Waals surface area (Å²) in [6, 6.07) is 12.6. The van der Waals surface area contributed by atoms with Crippen LogP contribution in [0.25, 0.3) is 11.3 Å². The summed E-state index contributed by atoms with van der Waals surface area (Å²) >= 11 is 0. The fourth-order valence-corrected chi connectivity index (χ4v) is 2.08. The van der Waals surface area contributed by atoms with Crippen LogP contribution in [-0.4, -0.2) is 16.7 Å². The molecule has 0 amide bonds. The molecule has 3 heteroatoms. The molecule has 0 saturated carbocycles. The van der Waals surface area contributed by atoms with E-state index in [9.17, 15) is 0 Å². The molecule has 0 aliphatic carbocycles. The standard InChI is InChI=1S/C16H21N3/c1-12(2)11-13-3-5-14(6-4-13)16-8-7-15(9-10-17)18-19-16/h3-8,12H,9-11,17H2,1-2H3. The van der Waals surface area contributed by atoms with E-state index in [0.717, 1.165) is 29.8 Å². The number of rotatable bonds is 5. The summed E-state index contributed by atoms with van der Waals surface area (Å²) in [5.41, 5.74) is 9.84. The lowest BCUT2D eigenvalue weighted by Crippen LogP contribution is -2.05. The van der Waals surface area contributed by atoms with Gasteiger partial charge < -0.3 is 5.73 Å². The molecule has 2 N–H and O–H groups in total. The average Bonchev–Trinajstić information content (AvgIpc) is 2.40. The van der Waals surface area contributed by atoms with Gasteiger partial charge in [0, 0.05) is 12.0 Å². The van der Waals surface area contributed by atoms with Crippen molar-refractivity contribution in [3.8, 4) is 11.3 Å². The van der Waals surface area contributed by atoms with Crippen LogP contribution in [-0.2, 0) is 12.8 Å². The Morgan fingerprint density at radius 3 is 2.26 bits per heavy atom. The maximum atomic E-state index is 5.50. The maximum Gasteiger partial charge on any atom is 0.0929 e. The summed E-state index contributed by atoms with van der Waals surface area (Å²) in [4.78, 5) is 0. The Labute approximate surface area is 114 Å². The van der Waals surface area contributed by atoms with Gasteiger partial charge in [-0.05, 0) is 36.6 Å². The Kier molecular flexibility index (Phi) is 4.63. The smallest absolute Gasteiger partial charge is 0.0929 e. The molecule has 0 bridgehead atoms. The molecule has 100 valence electrons. The lowest BCUT2D eigenvalue weighted by Gasteiger charge is -2.06. The van der Waals surface area contributed by atoms with Crippen molar-refractivity contribution in [1.82, 2.24) is 10.2 Å². The van der Waals surface area contributed by atoms with E-state index in [2.05, 4.69) is 48.3 Å². The molecule has 0 radical (unpaired) electrons. The summed E-state index contributed by atoms with van der Waals surface area (Å²) in [6.45, 7) is 5.07. The first-order chi connectivity index (χ1) is 9.19. The van der Waals surface area contributed by atoms with Crippen molar-refractivity contribution in [3.63, 3.8) is 0 Å². The van der Waals surface area contributed by atoms with E-state index in [1.165, 1.54) is 5.56 Å². The molecule has 19 heavy (non-hydrogen) atoms. The van der Waals surface area contributed by atoms with E-state index in [-0.39, 0.29) is 0 Å². The first-order valence-electron chi connectivity index (χ1n) is 6.81. The Hall–Kier alpha value is -1.74. The summed E-state index contributed by atoms with van der Waals surface area (Å²) in [7, 11) is 0. The minimum atomic E-state index is 0.609. The summed E-state index contributed by atoms with van der Waals surface area (Å²) in [6.07, 6.45) is 1.89. The van der Waals surface area contributed by atoms with E-state index in [4.69, 9.17) is 5.73 Å². The summed E-state index contributed by atoms with van der Waals surface area (Å²) < 4.78 is 0. The highest BCUT2D eigenvalue weighted by Crippen LogP contribution is 2.18. The van der Waals surface area contributed by atoms with E-state index in [1.54, 1.807) is 0 Å². The van der Waals surface area contributed by atoms with Gasteiger partial charge in [-0.3, -0.25) is 0 Å². The average molecular weight is 255 g/mol. The third-order valence-electron chi connectivity index (χ3n) is 3.01. The van der Waals surface area contributed by atoms with Gasteiger partial charge >= 0.3 is 0 Å². The van der Waals surface area contributed by atoms with Crippen molar-refractivity contribution < 1.29 is 0 Å². The summed E-state index contributed by atoms with van der Waals surface area (Å²) in [5, 5.41) is 8.44. The molecule has 0 aliphatic heterocycles. The highest BCUT2D eigenvalue weighted by atomic mass is 15.1. The zero-order valence-corrected chi connectivity index (χ0v) is 11.6. The molecule has 1 heterocycles. The third kappa shape index (κ3) is 3.86. The summed E-state index contributed by atoms with van der Waals surface area (Å²) in [5.74, 6) is 0.682. The normalized spacial score (nSPS) is 10.9. The second-order valence-corrected chi connectivity index (χ2v) is 5.24. The second-order valence-electron chi connectivity index (χ2n) is 5.24. The number of nitrogens with two attached hydrogens (primary N) is 1. The van der Waals surface area contributed by atoms with Gasteiger partial charge in [0.25, 0.3) is 0 Å². The third-order valence-corrected chi connectivity index (χ3v) is 3.01. The fourth-order valence-electron chi connectivity index (χ4n) is 2.08. The van der Waals surface area contributed by atoms with Crippen LogP contribution in [0.5, 0.6) is 0 Å². The molecule has 0 fully saturated rings. The van der Waals surface area contributed by atoms with Crippen molar-refractivity contribution in [3.05, 3.63) is 47.7 Å². The van der Waals surface area contributed by atoms with Gasteiger partial charge in [0.1, 0.15) is 0 Å². The van der Waals surface area contributed by atoms with Crippen LogP contribution < -0.4 is 5.73 Å². The predicted molar refractivity (Wildman–Crippen MR) is 78.8 cm³/mol. The molecular weight excluding hydrogens is 234 g/mol. The van der Waals surface area contributed by atoms with Crippen molar-refractivity contribution in [2.75, 3.05) is 6.54 Å². The molecule has 0 aliphatic rings. The van der Waals surface area contributed by atoms with Gasteiger partial charge in [0.15, 0.2) is 0 Å². The van der Waals surface area contributed by atoms with Crippen molar-refractivity contribution >= 4 is 0 Å². The van der Waals surface area contributed by atoms with Gasteiger partial charge in [-0.25, -0.2) is 0 Å². The van der Waals surface area contributed by atoms with Crippen LogP contribution in [0.2, 0.25) is 0 Å². The lowest BCUT2D eigenvalue weighted by molar-refractivity contribution is 0.647. The molecule has 3 nitrogen and oxygen atoms in total. The van der Waals surface area contributed by atoms with E-state index in [0.29, 0.717) is 12.5 Å². The number of aromatic nitrogens is 2. The van der Waals surface area contributed by atoms with Crippen LogP contribution in [0, 0.1) is 5.92 Å². The molecule has 1 aromatic heterocycles. The van der Waals surface area contributed by atoms with Crippen molar-refractivity contribution in [1.29, 1.82) is 0 Å². The van der Waals surface area contributed by atoms with Crippen LogP contribution in [0.4, 0.5) is 0 Å². The second kappa shape index (κ2) is 6.43. The molecular formula is C16H21N3. The van der Waals surface area contributed by atoms with Crippen LogP contribution in [0.1, 0.15) is 25.1 Å². The lowest BCUT2D eigenvalue weighted by atomic mass is 10.0. The fraction of sp³-hybridized carbons (Fsp3) is 0.375. The molecule has 0 spiro atoms. The largest absolute Gasteiger partial charge is 0.330 e. The number of benzene rings is 1. The maximum absolute atomic E-state index is 5.50. The SMILES string of the molecule is CC(C)Cc1ccc(-c2ccc(CCN)nn2)cc1. The molecule has 0 unspecified atom stereocenters. The van der Waals surface area contributed by atoms with E-state index in [1.807, 2.05) is 12.1 Å². The van der Waals surface area contributed by atoms with Gasteiger partial charge in [-0.15, -0.1) is 0 Å². The first kappa shape index (κ1) is 13.7. The van der Waals surface area contributed by atoms with Gasteiger partial charge in [-0.1, -0.05) is 38.1 Å². The van der Waals surface area contributed by atoms with E-state index < -0.39 is 0 Å². The topological polar surface area (TPSA) is 51.8 Å². The zero-order valence-electron chi connectivity index (χ0n) is 11.6. The minimum Gasteiger partial charge on any atom is -0.330 e. The van der Waals surface area contributed by atoms with Gasteiger partial charge in [0.05, 0.1) is 11.4 Å². The minimum absolute atomic E-state index is 0.609. The molecule has 0 saturated heterocycles. The Morgan fingerprint density at radius 1 is 1.00 bits per heavy atom. The van der Waals surface area contributed by atoms with Crippen molar-refractivity contribution in [2.45, 2.75) is 26.7 Å². The first-order valence-corrected chi connectivity index (χ1v) is 6.81. The Morgan fingerprint density at radius 2 is 1.74 bits per heavy atom. The number of hydrogen-bond acceptors (Lipinski definition) is 3. The van der Waals surface area contributed by atoms with Crippen molar-refractivity contribution in [2.24, 2.45) is 11.7 Å². The Bertz CT molecular complexity index is 501. The molecule has 2 aromatic rings.